The summed E-state index contributed by atoms with van der Waals surface area (Å²) in [6, 6.07) is 9.68. The molecule has 5 saturated carbocycles. The molecule has 5 aliphatic rings. The first-order valence-electron chi connectivity index (χ1n) is 20.6. The Bertz CT molecular complexity index is 1590. The average Bonchev–Trinajstić information content (AvgIpc) is 3.48. The van der Waals surface area contributed by atoms with Crippen molar-refractivity contribution in [1.82, 2.24) is 0 Å². The lowest BCUT2D eigenvalue weighted by molar-refractivity contribution is -0.247. The van der Waals surface area contributed by atoms with Crippen LogP contribution in [0.15, 0.2) is 54.6 Å². The molecular formula is C47H68O6. The second-order valence-electron chi connectivity index (χ2n) is 20.3. The second-order valence-corrected chi connectivity index (χ2v) is 20.3. The summed E-state index contributed by atoms with van der Waals surface area (Å²) in [7, 11) is 1.47. The molecular weight excluding hydrogens is 661 g/mol. The van der Waals surface area contributed by atoms with Gasteiger partial charge in [0.1, 0.15) is 12.7 Å². The van der Waals surface area contributed by atoms with Crippen LogP contribution < -0.4 is 0 Å². The molecule has 6 heteroatoms. The quantitative estimate of drug-likeness (QED) is 0.103. The summed E-state index contributed by atoms with van der Waals surface area (Å²) in [6.45, 7) is 23.5. The predicted octanol–water partition coefficient (Wildman–Crippen LogP) is 10.8. The fourth-order valence-electron chi connectivity index (χ4n) is 13.8. The molecule has 0 bridgehead atoms. The molecule has 5 fully saturated rings. The Kier molecular flexibility index (Phi) is 10.7. The summed E-state index contributed by atoms with van der Waals surface area (Å²) in [4.78, 5) is 38.6. The molecule has 6 rings (SSSR count). The van der Waals surface area contributed by atoms with Gasteiger partial charge in [0.25, 0.3) is 0 Å². The van der Waals surface area contributed by atoms with E-state index in [9.17, 15) is 14.4 Å². The molecule has 0 heterocycles. The molecule has 292 valence electrons. The Balaban J connectivity index is 1.15. The monoisotopic (exact) mass is 729 g/mol. The van der Waals surface area contributed by atoms with Crippen LogP contribution in [-0.4, -0.2) is 31.1 Å². The van der Waals surface area contributed by atoms with Crippen molar-refractivity contribution < 1.29 is 28.6 Å². The Morgan fingerprint density at radius 1 is 0.830 bits per heavy atom. The molecule has 0 saturated heterocycles. The van der Waals surface area contributed by atoms with E-state index in [-0.39, 0.29) is 70.5 Å². The van der Waals surface area contributed by atoms with Crippen LogP contribution in [0, 0.1) is 62.1 Å². The molecule has 0 spiro atoms. The molecule has 0 aromatic heterocycles. The van der Waals surface area contributed by atoms with E-state index >= 15 is 0 Å². The highest BCUT2D eigenvalue weighted by atomic mass is 16.5. The zero-order valence-electron chi connectivity index (χ0n) is 34.4. The van der Waals surface area contributed by atoms with Crippen molar-refractivity contribution in [2.75, 3.05) is 7.11 Å². The standard InChI is InChI=1S/C47H68O6/c1-31(2)33-18-24-47(25-21-38(48)51-10)27-26-45(8)34(41(33)47)16-17-36-44(7)22-20-37(43(5,6)35(44)19-23-46(36,45)9)53-40(50)29-42(3,4)28-39(49)52-30-32-14-12-11-13-15-32/h11-15,21,25,33-37,41H,1,16-20,22-24,26-30H2,2-10H3/t33-,34?,35?,36?,37-,41?,44-,45+,46+,47-/m0/s1. The summed E-state index contributed by atoms with van der Waals surface area (Å²) >= 11 is 0. The lowest BCUT2D eigenvalue weighted by Crippen LogP contribution is -2.66. The van der Waals surface area contributed by atoms with Gasteiger partial charge in [-0.15, -0.1) is 0 Å². The Morgan fingerprint density at radius 3 is 2.21 bits per heavy atom. The van der Waals surface area contributed by atoms with Gasteiger partial charge in [-0.1, -0.05) is 97.0 Å². The fraction of sp³-hybridized carbons (Fsp3) is 0.723. The molecule has 53 heavy (non-hydrogen) atoms. The van der Waals surface area contributed by atoms with Gasteiger partial charge in [-0.3, -0.25) is 9.59 Å². The molecule has 4 unspecified atom stereocenters. The van der Waals surface area contributed by atoms with Gasteiger partial charge in [-0.2, -0.15) is 0 Å². The smallest absolute Gasteiger partial charge is 0.330 e. The van der Waals surface area contributed by atoms with Gasteiger partial charge < -0.3 is 14.2 Å². The van der Waals surface area contributed by atoms with E-state index in [0.29, 0.717) is 29.6 Å². The molecule has 0 radical (unpaired) electrons. The van der Waals surface area contributed by atoms with Crippen LogP contribution in [-0.2, 0) is 35.2 Å². The zero-order valence-corrected chi connectivity index (χ0v) is 34.4. The minimum absolute atomic E-state index is 0.0350. The molecule has 0 amide bonds. The van der Waals surface area contributed by atoms with Gasteiger partial charge in [-0.25, -0.2) is 4.79 Å². The van der Waals surface area contributed by atoms with Gasteiger partial charge in [0.2, 0.25) is 0 Å². The van der Waals surface area contributed by atoms with Gasteiger partial charge in [0.15, 0.2) is 0 Å². The third-order valence-electron chi connectivity index (χ3n) is 16.6. The van der Waals surface area contributed by atoms with Crippen molar-refractivity contribution in [3.8, 4) is 0 Å². The maximum Gasteiger partial charge on any atom is 0.330 e. The Labute approximate surface area is 320 Å². The predicted molar refractivity (Wildman–Crippen MR) is 209 cm³/mol. The lowest BCUT2D eigenvalue weighted by atomic mass is 9.32. The molecule has 5 aliphatic carbocycles. The number of methoxy groups -OCH3 is 1. The highest BCUT2D eigenvalue weighted by Gasteiger charge is 2.70. The number of benzene rings is 1. The summed E-state index contributed by atoms with van der Waals surface area (Å²) < 4.78 is 17.0. The van der Waals surface area contributed by atoms with Crippen LogP contribution in [0.3, 0.4) is 0 Å². The zero-order chi connectivity index (χ0) is 38.6. The minimum Gasteiger partial charge on any atom is -0.466 e. The number of fused-ring (bicyclic) bond motifs is 7. The topological polar surface area (TPSA) is 78.9 Å². The molecule has 0 N–H and O–H groups in total. The second kappa shape index (κ2) is 14.3. The number of allylic oxidation sites excluding steroid dienone is 2. The molecule has 6 nitrogen and oxygen atoms in total. The maximum atomic E-state index is 13.6. The molecule has 1 aromatic rings. The van der Waals surface area contributed by atoms with Crippen molar-refractivity contribution >= 4 is 17.9 Å². The van der Waals surface area contributed by atoms with Crippen LogP contribution >= 0.6 is 0 Å². The average molecular weight is 729 g/mol. The van der Waals surface area contributed by atoms with Gasteiger partial charge in [0, 0.05) is 11.5 Å². The highest BCUT2D eigenvalue weighted by Crippen LogP contribution is 2.77. The van der Waals surface area contributed by atoms with E-state index in [0.717, 1.165) is 44.1 Å². The SMILES string of the molecule is C=C(C)[C@@H]1CC[C@]2(C=CC(=O)OC)CC[C@]3(C)C(CCC4[C@@]5(C)CC[C@H](OC(=O)CC(C)(C)CC(=O)OCc6ccccc6)C(C)(C)C5CC[C@]43C)C12. The number of carbonyl (C=O) groups is 3. The summed E-state index contributed by atoms with van der Waals surface area (Å²) in [5.41, 5.74) is 2.15. The van der Waals surface area contributed by atoms with Crippen LogP contribution in [0.5, 0.6) is 0 Å². The Morgan fingerprint density at radius 2 is 1.53 bits per heavy atom. The van der Waals surface area contributed by atoms with E-state index in [2.05, 4.69) is 54.2 Å². The number of rotatable bonds is 10. The van der Waals surface area contributed by atoms with E-state index in [1.165, 1.54) is 38.4 Å². The molecule has 1 aromatic carbocycles. The van der Waals surface area contributed by atoms with E-state index < -0.39 is 5.41 Å². The summed E-state index contributed by atoms with van der Waals surface area (Å²) in [5, 5.41) is 0. The van der Waals surface area contributed by atoms with Gasteiger partial charge >= 0.3 is 17.9 Å². The van der Waals surface area contributed by atoms with E-state index in [1.54, 1.807) is 6.08 Å². The number of esters is 3. The summed E-state index contributed by atoms with van der Waals surface area (Å²) in [5.74, 6) is 1.89. The molecule has 10 atom stereocenters. The molecule has 0 aliphatic heterocycles. The van der Waals surface area contributed by atoms with Crippen molar-refractivity contribution in [2.45, 2.75) is 145 Å². The first-order valence-corrected chi connectivity index (χ1v) is 20.6. The van der Waals surface area contributed by atoms with Gasteiger partial charge in [0.05, 0.1) is 20.0 Å². The van der Waals surface area contributed by atoms with Crippen LogP contribution in [0.1, 0.15) is 138 Å². The van der Waals surface area contributed by atoms with Crippen LogP contribution in [0.25, 0.3) is 0 Å². The number of hydrogen-bond donors (Lipinski definition) is 0. The number of hydrogen-bond acceptors (Lipinski definition) is 6. The first-order chi connectivity index (χ1) is 24.8. The third-order valence-corrected chi connectivity index (χ3v) is 16.6. The maximum absolute atomic E-state index is 13.6. The van der Waals surface area contributed by atoms with E-state index in [1.807, 2.05) is 44.2 Å². The lowest BCUT2D eigenvalue weighted by Gasteiger charge is -2.73. The first kappa shape index (κ1) is 39.8. The van der Waals surface area contributed by atoms with E-state index in [4.69, 9.17) is 14.2 Å². The van der Waals surface area contributed by atoms with Gasteiger partial charge in [-0.05, 0) is 133 Å². The van der Waals surface area contributed by atoms with Crippen LogP contribution in [0.4, 0.5) is 0 Å². The largest absolute Gasteiger partial charge is 0.466 e. The minimum atomic E-state index is -0.561. The Hall–Kier alpha value is -2.89. The van der Waals surface area contributed by atoms with Crippen molar-refractivity contribution in [2.24, 2.45) is 62.1 Å². The summed E-state index contributed by atoms with van der Waals surface area (Å²) in [6.07, 6.45) is 15.5. The van der Waals surface area contributed by atoms with Crippen molar-refractivity contribution in [3.63, 3.8) is 0 Å². The number of carbonyl (C=O) groups excluding carboxylic acids is 3. The van der Waals surface area contributed by atoms with Crippen molar-refractivity contribution in [1.29, 1.82) is 0 Å². The highest BCUT2D eigenvalue weighted by molar-refractivity contribution is 5.82. The fourth-order valence-corrected chi connectivity index (χ4v) is 13.8. The third kappa shape index (κ3) is 6.96. The van der Waals surface area contributed by atoms with Crippen LogP contribution in [0.2, 0.25) is 0 Å². The van der Waals surface area contributed by atoms with Crippen molar-refractivity contribution in [3.05, 3.63) is 60.2 Å². The normalized spacial score (nSPS) is 38.8. The number of ether oxygens (including phenoxy) is 3.